The van der Waals surface area contributed by atoms with Crippen LogP contribution < -0.4 is 5.32 Å². The van der Waals surface area contributed by atoms with Crippen LogP contribution in [0.4, 0.5) is 0 Å². The molecule has 2 rings (SSSR count). The Kier molecular flexibility index (Phi) is 4.18. The van der Waals surface area contributed by atoms with Crippen LogP contribution in [0.15, 0.2) is 17.5 Å². The monoisotopic (exact) mass is 253 g/mol. The van der Waals surface area contributed by atoms with Gasteiger partial charge in [-0.3, -0.25) is 4.79 Å². The van der Waals surface area contributed by atoms with Crippen molar-refractivity contribution < 1.29 is 9.53 Å². The van der Waals surface area contributed by atoms with Gasteiger partial charge in [-0.1, -0.05) is 18.9 Å². The highest BCUT2D eigenvalue weighted by atomic mass is 32.1. The molecule has 0 atom stereocenters. The summed E-state index contributed by atoms with van der Waals surface area (Å²) in [7, 11) is 1.65. The minimum absolute atomic E-state index is 0.175. The summed E-state index contributed by atoms with van der Waals surface area (Å²) in [5, 5.41) is 5.05. The average molecular weight is 253 g/mol. The van der Waals surface area contributed by atoms with E-state index in [1.807, 2.05) is 6.07 Å². The van der Waals surface area contributed by atoms with Gasteiger partial charge in [-0.05, 0) is 24.3 Å². The molecule has 1 aromatic rings. The lowest BCUT2D eigenvalue weighted by atomic mass is 9.83. The van der Waals surface area contributed by atoms with Crippen LogP contribution >= 0.6 is 11.3 Å². The number of ether oxygens (including phenoxy) is 1. The summed E-state index contributed by atoms with van der Waals surface area (Å²) in [6, 6.07) is 4.12. The second kappa shape index (κ2) is 5.65. The predicted octanol–water partition coefficient (Wildman–Crippen LogP) is 2.32. The topological polar surface area (TPSA) is 38.3 Å². The van der Waals surface area contributed by atoms with Crippen molar-refractivity contribution in [1.29, 1.82) is 0 Å². The Morgan fingerprint density at radius 2 is 2.29 bits per heavy atom. The van der Waals surface area contributed by atoms with Crippen LogP contribution in [0.2, 0.25) is 0 Å². The molecule has 1 aliphatic rings. The van der Waals surface area contributed by atoms with E-state index in [2.05, 4.69) is 16.8 Å². The van der Waals surface area contributed by atoms with Gasteiger partial charge >= 0.3 is 0 Å². The van der Waals surface area contributed by atoms with Gasteiger partial charge in [0, 0.05) is 18.5 Å². The van der Waals surface area contributed by atoms with E-state index < -0.39 is 0 Å². The molecule has 0 unspecified atom stereocenters. The van der Waals surface area contributed by atoms with Crippen LogP contribution in [0.3, 0.4) is 0 Å². The molecule has 94 valence electrons. The molecule has 1 aromatic heterocycles. The van der Waals surface area contributed by atoms with E-state index in [1.165, 1.54) is 4.88 Å². The Balaban J connectivity index is 2.09. The van der Waals surface area contributed by atoms with Gasteiger partial charge in [-0.15, -0.1) is 11.3 Å². The minimum atomic E-state index is -0.262. The molecule has 0 aliphatic heterocycles. The molecule has 1 N–H and O–H groups in total. The van der Waals surface area contributed by atoms with Crippen LogP contribution in [0.1, 0.15) is 30.6 Å². The lowest BCUT2D eigenvalue weighted by molar-refractivity contribution is -0.126. The zero-order valence-electron chi connectivity index (χ0n) is 10.2. The summed E-state index contributed by atoms with van der Waals surface area (Å²) in [6.07, 6.45) is 4.25. The number of carbonyl (C=O) groups excluding carboxylic acids is 1. The Labute approximate surface area is 106 Å². The number of hydrogen-bond donors (Lipinski definition) is 1. The van der Waals surface area contributed by atoms with Gasteiger partial charge in [0.25, 0.3) is 0 Å². The standard InChI is InChI=1S/C13H19NO2S/c1-16-9-8-14-12(15)13(6-2-3-7-13)11-5-4-10-17-11/h4-5,10H,2-3,6-9H2,1H3,(H,14,15). The summed E-state index contributed by atoms with van der Waals surface area (Å²) < 4.78 is 4.97. The first-order valence-electron chi connectivity index (χ1n) is 6.11. The fraction of sp³-hybridized carbons (Fsp3) is 0.615. The lowest BCUT2D eigenvalue weighted by Crippen LogP contribution is -2.43. The number of thiophene rings is 1. The molecule has 0 aromatic carbocycles. The smallest absolute Gasteiger partial charge is 0.231 e. The maximum absolute atomic E-state index is 12.4. The summed E-state index contributed by atoms with van der Waals surface area (Å²) >= 11 is 1.69. The third-order valence-electron chi connectivity index (χ3n) is 3.48. The highest BCUT2D eigenvalue weighted by molar-refractivity contribution is 7.10. The molecule has 0 spiro atoms. The SMILES string of the molecule is COCCNC(=O)C1(c2cccs2)CCCC1. The van der Waals surface area contributed by atoms with E-state index in [-0.39, 0.29) is 11.3 Å². The predicted molar refractivity (Wildman–Crippen MR) is 69.4 cm³/mol. The first kappa shape index (κ1) is 12.6. The molecule has 0 bridgehead atoms. The van der Waals surface area contributed by atoms with E-state index in [9.17, 15) is 4.79 Å². The van der Waals surface area contributed by atoms with Crippen molar-refractivity contribution in [2.45, 2.75) is 31.1 Å². The normalized spacial score (nSPS) is 18.2. The number of nitrogens with one attached hydrogen (secondary N) is 1. The van der Waals surface area contributed by atoms with Gasteiger partial charge in [0.1, 0.15) is 0 Å². The molecule has 0 saturated heterocycles. The van der Waals surface area contributed by atoms with Gasteiger partial charge in [0.15, 0.2) is 0 Å². The van der Waals surface area contributed by atoms with E-state index in [0.29, 0.717) is 13.2 Å². The largest absolute Gasteiger partial charge is 0.383 e. The number of hydrogen-bond acceptors (Lipinski definition) is 3. The molecule has 3 nitrogen and oxygen atoms in total. The van der Waals surface area contributed by atoms with Gasteiger partial charge < -0.3 is 10.1 Å². The van der Waals surface area contributed by atoms with Crippen molar-refractivity contribution in [3.63, 3.8) is 0 Å². The van der Waals surface area contributed by atoms with E-state index in [4.69, 9.17) is 4.74 Å². The Bertz CT molecular complexity index is 356. The summed E-state index contributed by atoms with van der Waals surface area (Å²) in [6.45, 7) is 1.18. The average Bonchev–Trinajstić information content (AvgIpc) is 3.00. The Morgan fingerprint density at radius 1 is 1.53 bits per heavy atom. The van der Waals surface area contributed by atoms with Crippen LogP contribution in [-0.4, -0.2) is 26.2 Å². The number of rotatable bonds is 5. The van der Waals surface area contributed by atoms with E-state index in [0.717, 1.165) is 25.7 Å². The summed E-state index contributed by atoms with van der Waals surface area (Å²) in [5.74, 6) is 0.175. The molecular formula is C13H19NO2S. The quantitative estimate of drug-likeness (QED) is 0.818. The van der Waals surface area contributed by atoms with Crippen molar-refractivity contribution in [2.75, 3.05) is 20.3 Å². The third-order valence-corrected chi connectivity index (χ3v) is 4.55. The van der Waals surface area contributed by atoms with Gasteiger partial charge in [0.05, 0.1) is 12.0 Å². The van der Waals surface area contributed by atoms with Crippen molar-refractivity contribution in [2.24, 2.45) is 0 Å². The van der Waals surface area contributed by atoms with Crippen molar-refractivity contribution in [3.05, 3.63) is 22.4 Å². The molecule has 17 heavy (non-hydrogen) atoms. The molecule has 1 fully saturated rings. The Morgan fingerprint density at radius 3 is 2.88 bits per heavy atom. The summed E-state index contributed by atoms with van der Waals surface area (Å²) in [5.41, 5.74) is -0.262. The first-order chi connectivity index (χ1) is 8.29. The van der Waals surface area contributed by atoms with Crippen LogP contribution in [-0.2, 0) is 14.9 Å². The second-order valence-electron chi connectivity index (χ2n) is 4.52. The first-order valence-corrected chi connectivity index (χ1v) is 6.99. The molecule has 1 heterocycles. The zero-order valence-corrected chi connectivity index (χ0v) is 11.0. The highest BCUT2D eigenvalue weighted by Crippen LogP contribution is 2.43. The van der Waals surface area contributed by atoms with Gasteiger partial charge in [0.2, 0.25) is 5.91 Å². The molecule has 1 aliphatic carbocycles. The lowest BCUT2D eigenvalue weighted by Gasteiger charge is -2.26. The van der Waals surface area contributed by atoms with Crippen molar-refractivity contribution in [1.82, 2.24) is 5.32 Å². The molecule has 1 amide bonds. The zero-order chi connectivity index (χ0) is 12.1. The maximum Gasteiger partial charge on any atom is 0.231 e. The van der Waals surface area contributed by atoms with Crippen LogP contribution in [0.25, 0.3) is 0 Å². The van der Waals surface area contributed by atoms with Crippen molar-refractivity contribution >= 4 is 17.2 Å². The number of carbonyl (C=O) groups is 1. The molecule has 0 radical (unpaired) electrons. The highest BCUT2D eigenvalue weighted by Gasteiger charge is 2.43. The molecule has 4 heteroatoms. The molecular weight excluding hydrogens is 234 g/mol. The summed E-state index contributed by atoms with van der Waals surface area (Å²) in [4.78, 5) is 13.6. The van der Waals surface area contributed by atoms with E-state index >= 15 is 0 Å². The molecule has 1 saturated carbocycles. The van der Waals surface area contributed by atoms with Crippen molar-refractivity contribution in [3.8, 4) is 0 Å². The second-order valence-corrected chi connectivity index (χ2v) is 5.46. The fourth-order valence-corrected chi connectivity index (χ4v) is 3.53. The maximum atomic E-state index is 12.4. The number of methoxy groups -OCH3 is 1. The van der Waals surface area contributed by atoms with Crippen LogP contribution in [0.5, 0.6) is 0 Å². The van der Waals surface area contributed by atoms with Crippen LogP contribution in [0, 0.1) is 0 Å². The van der Waals surface area contributed by atoms with Gasteiger partial charge in [-0.2, -0.15) is 0 Å². The van der Waals surface area contributed by atoms with Gasteiger partial charge in [-0.25, -0.2) is 0 Å². The third kappa shape index (κ3) is 2.53. The fourth-order valence-electron chi connectivity index (χ4n) is 2.55. The Hall–Kier alpha value is -0.870. The van der Waals surface area contributed by atoms with E-state index in [1.54, 1.807) is 18.4 Å². The number of amides is 1. The minimum Gasteiger partial charge on any atom is -0.383 e.